The molecule has 0 aromatic heterocycles. The maximum absolute atomic E-state index is 9.24. The van der Waals surface area contributed by atoms with E-state index < -0.39 is 30.7 Å². The first-order chi connectivity index (χ1) is 5.57. The Morgan fingerprint density at radius 1 is 1.17 bits per heavy atom. The highest BCUT2D eigenvalue weighted by Crippen LogP contribution is 2.20. The Balaban J connectivity index is 2.63. The summed E-state index contributed by atoms with van der Waals surface area (Å²) in [6, 6.07) is 0. The Morgan fingerprint density at radius 3 is 2.25 bits per heavy atom. The number of hydrogen-bond acceptors (Lipinski definition) is 5. The van der Waals surface area contributed by atoms with E-state index in [2.05, 4.69) is 6.92 Å². The minimum Gasteiger partial charge on any atom is -0.388 e. The van der Waals surface area contributed by atoms with Gasteiger partial charge in [0.2, 0.25) is 0 Å². The van der Waals surface area contributed by atoms with Crippen molar-refractivity contribution in [1.82, 2.24) is 0 Å². The minimum atomic E-state index is -1.27. The van der Waals surface area contributed by atoms with E-state index in [-0.39, 0.29) is 0 Å². The van der Waals surface area contributed by atoms with E-state index in [1.807, 2.05) is 0 Å². The molecule has 1 fully saturated rings. The summed E-state index contributed by atoms with van der Waals surface area (Å²) in [5, 5.41) is 27.6. The first-order valence-electron chi connectivity index (χ1n) is 3.63. The lowest BCUT2D eigenvalue weighted by atomic mass is 10.0. The zero-order valence-electron chi connectivity index (χ0n) is 6.75. The minimum absolute atomic E-state index is 0.784. The van der Waals surface area contributed by atoms with E-state index in [0.717, 1.165) is 0 Å². The van der Waals surface area contributed by atoms with Gasteiger partial charge in [0.25, 0.3) is 0 Å². The van der Waals surface area contributed by atoms with Crippen LogP contribution in [0.2, 0.25) is 0 Å². The van der Waals surface area contributed by atoms with Crippen LogP contribution in [-0.4, -0.2) is 53.1 Å². The van der Waals surface area contributed by atoms with Crippen LogP contribution in [0.3, 0.4) is 0 Å². The van der Waals surface area contributed by atoms with Crippen molar-refractivity contribution in [1.29, 1.82) is 0 Å². The first kappa shape index (κ1) is 9.88. The maximum Gasteiger partial charge on any atom is 0.186 e. The molecule has 3 N–H and O–H groups in total. The molecule has 5 nitrogen and oxygen atoms in total. The molecular formula is C7H13O5. The van der Waals surface area contributed by atoms with Gasteiger partial charge in [-0.1, -0.05) is 0 Å². The molecule has 12 heavy (non-hydrogen) atoms. The van der Waals surface area contributed by atoms with E-state index in [0.29, 0.717) is 0 Å². The molecular weight excluding hydrogens is 164 g/mol. The molecule has 0 aromatic rings. The average Bonchev–Trinajstić information content (AvgIpc) is 2.08. The summed E-state index contributed by atoms with van der Waals surface area (Å²) >= 11 is 0. The van der Waals surface area contributed by atoms with Crippen LogP contribution >= 0.6 is 0 Å². The van der Waals surface area contributed by atoms with Crippen LogP contribution in [0.5, 0.6) is 0 Å². The summed E-state index contributed by atoms with van der Waals surface area (Å²) in [6.45, 7) is 3.44. The molecule has 0 spiro atoms. The summed E-state index contributed by atoms with van der Waals surface area (Å²) in [5.74, 6) is 0. The number of aliphatic hydroxyl groups is 3. The zero-order valence-corrected chi connectivity index (χ0v) is 6.75. The average molecular weight is 177 g/mol. The van der Waals surface area contributed by atoms with Gasteiger partial charge >= 0.3 is 0 Å². The molecule has 5 heteroatoms. The van der Waals surface area contributed by atoms with Crippen molar-refractivity contribution in [3.8, 4) is 0 Å². The Hall–Kier alpha value is -0.200. The fourth-order valence-electron chi connectivity index (χ4n) is 1.11. The quantitative estimate of drug-likeness (QED) is 0.444. The molecule has 1 aliphatic rings. The van der Waals surface area contributed by atoms with E-state index in [1.54, 1.807) is 0 Å². The molecule has 1 rings (SSSR count). The van der Waals surface area contributed by atoms with Gasteiger partial charge in [0.15, 0.2) is 6.29 Å². The lowest BCUT2D eigenvalue weighted by molar-refractivity contribution is -0.280. The third-order valence-electron chi connectivity index (χ3n) is 1.90. The molecule has 0 bridgehead atoms. The highest BCUT2D eigenvalue weighted by molar-refractivity contribution is 4.89. The molecule has 5 atom stereocenters. The van der Waals surface area contributed by atoms with Crippen molar-refractivity contribution in [3.63, 3.8) is 0 Å². The number of rotatable bonds is 1. The summed E-state index contributed by atoms with van der Waals surface area (Å²) in [5.41, 5.74) is 0. The summed E-state index contributed by atoms with van der Waals surface area (Å²) in [7, 11) is 1.34. The molecule has 1 saturated heterocycles. The highest BCUT2D eigenvalue weighted by atomic mass is 16.7. The van der Waals surface area contributed by atoms with Crippen LogP contribution in [0.25, 0.3) is 0 Å². The molecule has 0 aromatic carbocycles. The third kappa shape index (κ3) is 1.60. The van der Waals surface area contributed by atoms with Gasteiger partial charge in [0.1, 0.15) is 18.3 Å². The molecule has 71 valence electrons. The van der Waals surface area contributed by atoms with Gasteiger partial charge < -0.3 is 24.8 Å². The molecule has 1 heterocycles. The van der Waals surface area contributed by atoms with Crippen molar-refractivity contribution in [2.45, 2.75) is 30.7 Å². The summed E-state index contributed by atoms with van der Waals surface area (Å²) < 4.78 is 9.65. The van der Waals surface area contributed by atoms with Crippen molar-refractivity contribution in [2.24, 2.45) is 0 Å². The maximum atomic E-state index is 9.24. The van der Waals surface area contributed by atoms with Crippen LogP contribution < -0.4 is 0 Å². The number of methoxy groups -OCH3 is 1. The van der Waals surface area contributed by atoms with Crippen molar-refractivity contribution in [2.75, 3.05) is 7.11 Å². The number of aliphatic hydroxyl groups excluding tert-OH is 3. The Labute approximate surface area is 70.5 Å². The Kier molecular flexibility index (Phi) is 3.03. The fourth-order valence-corrected chi connectivity index (χ4v) is 1.11. The standard InChI is InChI=1S/C7H13O5/c1-3-4(8)5(9)6(10)7(11-2)12-3/h3-10H,1H2,2H3. The second-order valence-electron chi connectivity index (χ2n) is 2.75. The topological polar surface area (TPSA) is 79.2 Å². The molecule has 1 aliphatic heterocycles. The van der Waals surface area contributed by atoms with E-state index in [9.17, 15) is 15.3 Å². The Bertz CT molecular complexity index is 146. The van der Waals surface area contributed by atoms with Crippen LogP contribution in [0.1, 0.15) is 0 Å². The van der Waals surface area contributed by atoms with Gasteiger partial charge in [-0.05, 0) is 6.92 Å². The van der Waals surface area contributed by atoms with Gasteiger partial charge in [-0.2, -0.15) is 0 Å². The predicted molar refractivity (Wildman–Crippen MR) is 39.0 cm³/mol. The van der Waals surface area contributed by atoms with Crippen molar-refractivity contribution < 1.29 is 24.8 Å². The molecule has 0 aliphatic carbocycles. The first-order valence-corrected chi connectivity index (χ1v) is 3.63. The van der Waals surface area contributed by atoms with Crippen LogP contribution in [0.4, 0.5) is 0 Å². The number of hydrogen-bond donors (Lipinski definition) is 3. The second-order valence-corrected chi connectivity index (χ2v) is 2.75. The summed E-state index contributed by atoms with van der Waals surface area (Å²) in [6.07, 6.45) is -5.39. The zero-order chi connectivity index (χ0) is 9.30. The van der Waals surface area contributed by atoms with E-state index >= 15 is 0 Å². The molecule has 1 radical (unpaired) electrons. The smallest absolute Gasteiger partial charge is 0.186 e. The lowest BCUT2D eigenvalue weighted by Crippen LogP contribution is -2.57. The monoisotopic (exact) mass is 177 g/mol. The van der Waals surface area contributed by atoms with E-state index in [4.69, 9.17) is 9.47 Å². The van der Waals surface area contributed by atoms with Gasteiger partial charge in [-0.3, -0.25) is 0 Å². The van der Waals surface area contributed by atoms with Crippen LogP contribution in [0, 0.1) is 6.92 Å². The van der Waals surface area contributed by atoms with Crippen molar-refractivity contribution in [3.05, 3.63) is 6.92 Å². The van der Waals surface area contributed by atoms with Gasteiger partial charge in [0, 0.05) is 7.11 Å². The van der Waals surface area contributed by atoms with Crippen molar-refractivity contribution >= 4 is 0 Å². The van der Waals surface area contributed by atoms with E-state index in [1.165, 1.54) is 7.11 Å². The predicted octanol–water partition coefficient (Wildman–Crippen LogP) is -1.73. The number of ether oxygens (including phenoxy) is 2. The Morgan fingerprint density at radius 2 is 1.75 bits per heavy atom. The second kappa shape index (κ2) is 3.68. The summed E-state index contributed by atoms with van der Waals surface area (Å²) in [4.78, 5) is 0. The van der Waals surface area contributed by atoms with Crippen LogP contribution in [-0.2, 0) is 9.47 Å². The fraction of sp³-hybridized carbons (Fsp3) is 0.857. The van der Waals surface area contributed by atoms with Crippen LogP contribution in [0.15, 0.2) is 0 Å². The highest BCUT2D eigenvalue weighted by Gasteiger charge is 2.41. The SMILES string of the molecule is [CH2]C1OC(OC)C(O)C(O)C1O. The van der Waals surface area contributed by atoms with Gasteiger partial charge in [-0.25, -0.2) is 0 Å². The van der Waals surface area contributed by atoms with Gasteiger partial charge in [-0.15, -0.1) is 0 Å². The molecule has 0 saturated carbocycles. The lowest BCUT2D eigenvalue weighted by Gasteiger charge is -2.38. The largest absolute Gasteiger partial charge is 0.388 e. The van der Waals surface area contributed by atoms with Gasteiger partial charge in [0.05, 0.1) is 6.10 Å². The molecule has 5 unspecified atom stereocenters. The third-order valence-corrected chi connectivity index (χ3v) is 1.90. The normalized spacial score (nSPS) is 49.2. The molecule has 0 amide bonds.